The Labute approximate surface area is 108 Å². The number of urea groups is 1. The van der Waals surface area contributed by atoms with Crippen LogP contribution in [0.1, 0.15) is 45.4 Å². The van der Waals surface area contributed by atoms with Crippen LogP contribution in [0.15, 0.2) is 0 Å². The van der Waals surface area contributed by atoms with Crippen molar-refractivity contribution in [2.24, 2.45) is 5.92 Å². The maximum Gasteiger partial charge on any atom is 0.317 e. The van der Waals surface area contributed by atoms with Crippen molar-refractivity contribution in [3.8, 4) is 0 Å². The van der Waals surface area contributed by atoms with Gasteiger partial charge in [0.25, 0.3) is 0 Å². The predicted octanol–water partition coefficient (Wildman–Crippen LogP) is 1.83. The van der Waals surface area contributed by atoms with Crippen molar-refractivity contribution < 1.29 is 14.7 Å². The number of piperidine rings is 1. The van der Waals surface area contributed by atoms with Gasteiger partial charge >= 0.3 is 12.0 Å². The van der Waals surface area contributed by atoms with Gasteiger partial charge in [0.05, 0.1) is 5.92 Å². The monoisotopic (exact) mass is 254 g/mol. The fraction of sp³-hybridized carbons (Fsp3) is 0.846. The van der Waals surface area contributed by atoms with Gasteiger partial charge in [0, 0.05) is 18.6 Å². The number of rotatable bonds is 2. The Morgan fingerprint density at radius 3 is 2.56 bits per heavy atom. The second-order valence-electron chi connectivity index (χ2n) is 5.82. The number of hydrogen-bond donors (Lipinski definition) is 2. The summed E-state index contributed by atoms with van der Waals surface area (Å²) in [7, 11) is 0. The van der Waals surface area contributed by atoms with Gasteiger partial charge in [0.15, 0.2) is 0 Å². The Bertz CT molecular complexity index is 337. The Hall–Kier alpha value is -1.26. The van der Waals surface area contributed by atoms with E-state index in [1.165, 1.54) is 0 Å². The second kappa shape index (κ2) is 5.16. The quantitative estimate of drug-likeness (QED) is 0.789. The molecule has 1 unspecified atom stereocenters. The van der Waals surface area contributed by atoms with E-state index >= 15 is 0 Å². The Balaban J connectivity index is 1.90. The summed E-state index contributed by atoms with van der Waals surface area (Å²) in [4.78, 5) is 24.8. The summed E-state index contributed by atoms with van der Waals surface area (Å²) in [5.41, 5.74) is -0.0900. The van der Waals surface area contributed by atoms with Gasteiger partial charge in [0.1, 0.15) is 0 Å². The molecule has 5 heteroatoms. The fourth-order valence-corrected chi connectivity index (χ4v) is 2.98. The third-order valence-corrected chi connectivity index (χ3v) is 4.17. The number of carboxylic acids is 1. The number of nitrogens with zero attached hydrogens (tertiary/aromatic N) is 1. The maximum atomic E-state index is 12.1. The molecule has 0 radical (unpaired) electrons. The average Bonchev–Trinajstić information content (AvgIpc) is 2.76. The van der Waals surface area contributed by atoms with Gasteiger partial charge in [-0.05, 0) is 32.6 Å². The lowest BCUT2D eigenvalue weighted by molar-refractivity contribution is -0.143. The number of carboxylic acid groups (broad SMARTS) is 1. The van der Waals surface area contributed by atoms with Crippen LogP contribution in [-0.2, 0) is 4.79 Å². The van der Waals surface area contributed by atoms with E-state index in [9.17, 15) is 9.59 Å². The van der Waals surface area contributed by atoms with Crippen LogP contribution < -0.4 is 5.32 Å². The van der Waals surface area contributed by atoms with Crippen molar-refractivity contribution in [3.63, 3.8) is 0 Å². The number of carbonyl (C=O) groups is 2. The van der Waals surface area contributed by atoms with Gasteiger partial charge < -0.3 is 15.3 Å². The minimum atomic E-state index is -0.792. The number of aliphatic carboxylic acids is 1. The first kappa shape index (κ1) is 13.2. The number of likely N-dealkylation sites (tertiary alicyclic amines) is 1. The largest absolute Gasteiger partial charge is 0.481 e. The van der Waals surface area contributed by atoms with E-state index in [-0.39, 0.29) is 11.6 Å². The average molecular weight is 254 g/mol. The highest BCUT2D eigenvalue weighted by molar-refractivity contribution is 5.77. The van der Waals surface area contributed by atoms with Gasteiger partial charge in [-0.15, -0.1) is 0 Å². The summed E-state index contributed by atoms with van der Waals surface area (Å²) in [6.07, 6.45) is 5.82. The van der Waals surface area contributed by atoms with E-state index in [1.807, 2.05) is 0 Å². The minimum Gasteiger partial charge on any atom is -0.481 e. The molecule has 1 aliphatic heterocycles. The van der Waals surface area contributed by atoms with E-state index < -0.39 is 11.9 Å². The molecule has 0 aromatic rings. The molecule has 18 heavy (non-hydrogen) atoms. The van der Waals surface area contributed by atoms with Gasteiger partial charge in [-0.3, -0.25) is 4.79 Å². The predicted molar refractivity (Wildman–Crippen MR) is 67.3 cm³/mol. The van der Waals surface area contributed by atoms with Gasteiger partial charge in [0.2, 0.25) is 0 Å². The molecular weight excluding hydrogens is 232 g/mol. The molecule has 0 aromatic heterocycles. The molecule has 5 nitrogen and oxygen atoms in total. The van der Waals surface area contributed by atoms with Crippen molar-refractivity contribution in [3.05, 3.63) is 0 Å². The van der Waals surface area contributed by atoms with E-state index in [2.05, 4.69) is 12.2 Å². The standard InChI is InChI=1S/C13H22N2O3/c1-13(6-2-3-7-13)14-12(18)15-8-4-5-10(9-15)11(16)17/h10H,2-9H2,1H3,(H,14,18)(H,16,17). The molecular formula is C13H22N2O3. The summed E-state index contributed by atoms with van der Waals surface area (Å²) >= 11 is 0. The molecule has 1 saturated carbocycles. The van der Waals surface area contributed by atoms with Crippen LogP contribution in [0, 0.1) is 5.92 Å². The van der Waals surface area contributed by atoms with E-state index in [4.69, 9.17) is 5.11 Å². The highest BCUT2D eigenvalue weighted by atomic mass is 16.4. The number of carbonyl (C=O) groups excluding carboxylic acids is 1. The minimum absolute atomic E-state index is 0.0900. The molecule has 102 valence electrons. The first-order valence-corrected chi connectivity index (χ1v) is 6.80. The van der Waals surface area contributed by atoms with E-state index in [0.29, 0.717) is 19.5 Å². The highest BCUT2D eigenvalue weighted by Gasteiger charge is 2.34. The zero-order valence-electron chi connectivity index (χ0n) is 10.9. The smallest absolute Gasteiger partial charge is 0.317 e. The summed E-state index contributed by atoms with van der Waals surface area (Å²) in [6, 6.07) is -0.0923. The van der Waals surface area contributed by atoms with Crippen LogP contribution in [0.25, 0.3) is 0 Å². The van der Waals surface area contributed by atoms with Crippen molar-refractivity contribution in [1.82, 2.24) is 10.2 Å². The fourth-order valence-electron chi connectivity index (χ4n) is 2.98. The van der Waals surface area contributed by atoms with Crippen LogP contribution in [0.4, 0.5) is 4.79 Å². The molecule has 2 rings (SSSR count). The van der Waals surface area contributed by atoms with Crippen molar-refractivity contribution >= 4 is 12.0 Å². The molecule has 1 heterocycles. The second-order valence-corrected chi connectivity index (χ2v) is 5.82. The summed E-state index contributed by atoms with van der Waals surface area (Å²) < 4.78 is 0. The molecule has 1 atom stereocenters. The maximum absolute atomic E-state index is 12.1. The third-order valence-electron chi connectivity index (χ3n) is 4.17. The molecule has 0 bridgehead atoms. The summed E-state index contributed by atoms with van der Waals surface area (Å²) in [6.45, 7) is 3.10. The molecule has 2 N–H and O–H groups in total. The summed E-state index contributed by atoms with van der Waals surface area (Å²) in [5, 5.41) is 12.1. The number of nitrogens with one attached hydrogen (secondary N) is 1. The topological polar surface area (TPSA) is 69.6 Å². The van der Waals surface area contributed by atoms with Crippen LogP contribution in [0.3, 0.4) is 0 Å². The molecule has 1 aliphatic carbocycles. The molecule has 2 fully saturated rings. The van der Waals surface area contributed by atoms with Crippen molar-refractivity contribution in [2.75, 3.05) is 13.1 Å². The van der Waals surface area contributed by atoms with Crippen molar-refractivity contribution in [2.45, 2.75) is 51.0 Å². The van der Waals surface area contributed by atoms with Crippen LogP contribution in [-0.4, -0.2) is 40.6 Å². The molecule has 0 aromatic carbocycles. The normalized spacial score (nSPS) is 26.9. The Morgan fingerprint density at radius 1 is 1.28 bits per heavy atom. The van der Waals surface area contributed by atoms with Crippen LogP contribution >= 0.6 is 0 Å². The Morgan fingerprint density at radius 2 is 1.94 bits per heavy atom. The molecule has 2 aliphatic rings. The zero-order valence-corrected chi connectivity index (χ0v) is 10.9. The molecule has 1 saturated heterocycles. The van der Waals surface area contributed by atoms with E-state index in [1.54, 1.807) is 4.90 Å². The SMILES string of the molecule is CC1(NC(=O)N2CCCC(C(=O)O)C2)CCCC1. The van der Waals surface area contributed by atoms with E-state index in [0.717, 1.165) is 32.1 Å². The third kappa shape index (κ3) is 2.94. The lowest BCUT2D eigenvalue weighted by Crippen LogP contribution is -2.53. The Kier molecular flexibility index (Phi) is 3.78. The highest BCUT2D eigenvalue weighted by Crippen LogP contribution is 2.29. The van der Waals surface area contributed by atoms with Gasteiger partial charge in [-0.2, -0.15) is 0 Å². The molecule has 0 spiro atoms. The van der Waals surface area contributed by atoms with Crippen LogP contribution in [0.2, 0.25) is 0 Å². The summed E-state index contributed by atoms with van der Waals surface area (Å²) in [5.74, 6) is -1.19. The first-order chi connectivity index (χ1) is 8.50. The lowest BCUT2D eigenvalue weighted by atomic mass is 9.98. The zero-order chi connectivity index (χ0) is 13.2. The van der Waals surface area contributed by atoms with Crippen LogP contribution in [0.5, 0.6) is 0 Å². The van der Waals surface area contributed by atoms with Gasteiger partial charge in [-0.1, -0.05) is 12.8 Å². The van der Waals surface area contributed by atoms with Crippen molar-refractivity contribution in [1.29, 1.82) is 0 Å². The first-order valence-electron chi connectivity index (χ1n) is 6.80. The lowest BCUT2D eigenvalue weighted by Gasteiger charge is -2.34. The van der Waals surface area contributed by atoms with Gasteiger partial charge in [-0.25, -0.2) is 4.79 Å². The number of hydrogen-bond acceptors (Lipinski definition) is 2. The molecule has 2 amide bonds. The number of amides is 2.